The molecule has 0 bridgehead atoms. The number of hydrogen-bond acceptors (Lipinski definition) is 5. The van der Waals surface area contributed by atoms with Crippen LogP contribution in [0.2, 0.25) is 0 Å². The summed E-state index contributed by atoms with van der Waals surface area (Å²) in [5.41, 5.74) is 5.91. The molecule has 6 heteroatoms. The van der Waals surface area contributed by atoms with Crippen molar-refractivity contribution in [2.45, 2.75) is 0 Å². The van der Waals surface area contributed by atoms with Crippen LogP contribution in [0.4, 0.5) is 0 Å². The maximum atomic E-state index is 11.0. The normalized spacial score (nSPS) is 10.5. The second-order valence-electron chi connectivity index (χ2n) is 2.82. The molecule has 1 aromatic heterocycles. The molecule has 3 N–H and O–H groups in total. The Kier molecular flexibility index (Phi) is 2.81. The van der Waals surface area contributed by atoms with Gasteiger partial charge in [0.25, 0.3) is 0 Å². The monoisotopic (exact) mass is 240 g/mol. The molecule has 0 spiro atoms. The Hall–Kier alpha value is -1.24. The van der Waals surface area contributed by atoms with Crippen LogP contribution in [0.1, 0.15) is 0 Å². The van der Waals surface area contributed by atoms with Crippen molar-refractivity contribution in [3.63, 3.8) is 0 Å². The lowest BCUT2D eigenvalue weighted by Crippen LogP contribution is -2.19. The van der Waals surface area contributed by atoms with Crippen LogP contribution in [0.5, 0.6) is 5.75 Å². The summed E-state index contributed by atoms with van der Waals surface area (Å²) in [5, 5.41) is 0. The average Bonchev–Trinajstić information content (AvgIpc) is 2.59. The third-order valence-corrected chi connectivity index (χ3v) is 3.01. The van der Waals surface area contributed by atoms with E-state index in [-0.39, 0.29) is 6.54 Å². The van der Waals surface area contributed by atoms with Crippen molar-refractivity contribution in [2.24, 2.45) is 5.73 Å². The molecule has 0 atom stereocenters. The molecule has 0 aliphatic carbocycles. The number of nitrogens with one attached hydrogen (secondary N) is 1. The van der Waals surface area contributed by atoms with E-state index in [1.54, 1.807) is 12.1 Å². The topological polar surface area (TPSA) is 68.1 Å². The van der Waals surface area contributed by atoms with Gasteiger partial charge in [0, 0.05) is 0 Å². The molecule has 0 saturated carbocycles. The number of benzene rings is 1. The first kappa shape index (κ1) is 10.3. The zero-order valence-electron chi connectivity index (χ0n) is 7.65. The van der Waals surface area contributed by atoms with Gasteiger partial charge in [-0.15, -0.1) is 11.3 Å². The third-order valence-electron chi connectivity index (χ3n) is 1.81. The number of ether oxygens (including phenoxy) is 1. The SMILES string of the molecule is NCC(=O)Oc1cccc2sc(=S)[nH]c12. The lowest BCUT2D eigenvalue weighted by Gasteiger charge is -2.02. The highest BCUT2D eigenvalue weighted by atomic mass is 32.1. The highest BCUT2D eigenvalue weighted by Gasteiger charge is 2.07. The minimum absolute atomic E-state index is 0.138. The molecule has 4 nitrogen and oxygen atoms in total. The number of aromatic nitrogens is 1. The van der Waals surface area contributed by atoms with E-state index in [1.807, 2.05) is 6.07 Å². The second kappa shape index (κ2) is 4.09. The van der Waals surface area contributed by atoms with Gasteiger partial charge in [0.2, 0.25) is 0 Å². The summed E-state index contributed by atoms with van der Waals surface area (Å²) >= 11 is 6.45. The van der Waals surface area contributed by atoms with Crippen molar-refractivity contribution < 1.29 is 9.53 Å². The number of nitrogens with two attached hydrogens (primary N) is 1. The molecule has 0 radical (unpaired) electrons. The number of thiazole rings is 1. The Morgan fingerprint density at radius 1 is 1.60 bits per heavy atom. The summed E-state index contributed by atoms with van der Waals surface area (Å²) in [6.07, 6.45) is 0. The zero-order valence-corrected chi connectivity index (χ0v) is 9.28. The number of carbonyl (C=O) groups is 1. The standard InChI is InChI=1S/C9H8N2O2S2/c10-4-7(12)13-5-2-1-3-6-8(5)11-9(14)15-6/h1-3H,4,10H2,(H,11,14). The van der Waals surface area contributed by atoms with E-state index >= 15 is 0 Å². The van der Waals surface area contributed by atoms with E-state index in [4.69, 9.17) is 22.7 Å². The zero-order chi connectivity index (χ0) is 10.8. The first-order chi connectivity index (χ1) is 7.20. The molecule has 0 unspecified atom stereocenters. The fraction of sp³-hybridized carbons (Fsp3) is 0.111. The minimum Gasteiger partial charge on any atom is -0.423 e. The summed E-state index contributed by atoms with van der Waals surface area (Å²) in [5.74, 6) is 0.00307. The molecule has 1 aromatic carbocycles. The molecule has 2 rings (SSSR count). The first-order valence-electron chi connectivity index (χ1n) is 4.23. The van der Waals surface area contributed by atoms with E-state index in [2.05, 4.69) is 4.98 Å². The van der Waals surface area contributed by atoms with Gasteiger partial charge in [0.1, 0.15) is 5.52 Å². The van der Waals surface area contributed by atoms with Gasteiger partial charge in [0.05, 0.1) is 11.2 Å². The highest BCUT2D eigenvalue weighted by Crippen LogP contribution is 2.27. The number of aromatic amines is 1. The van der Waals surface area contributed by atoms with Crippen LogP contribution in [-0.2, 0) is 4.79 Å². The van der Waals surface area contributed by atoms with E-state index in [9.17, 15) is 4.79 Å². The number of hydrogen-bond donors (Lipinski definition) is 2. The van der Waals surface area contributed by atoms with Gasteiger partial charge >= 0.3 is 5.97 Å². The summed E-state index contributed by atoms with van der Waals surface area (Å²) in [4.78, 5) is 14.0. The number of rotatable bonds is 2. The van der Waals surface area contributed by atoms with Crippen LogP contribution in [0, 0.1) is 3.95 Å². The lowest BCUT2D eigenvalue weighted by atomic mass is 10.3. The van der Waals surface area contributed by atoms with Crippen LogP contribution < -0.4 is 10.5 Å². The van der Waals surface area contributed by atoms with Crippen molar-refractivity contribution >= 4 is 39.7 Å². The third kappa shape index (κ3) is 2.06. The quantitative estimate of drug-likeness (QED) is 0.477. The van der Waals surface area contributed by atoms with Gasteiger partial charge in [-0.05, 0) is 24.4 Å². The van der Waals surface area contributed by atoms with Gasteiger partial charge in [-0.3, -0.25) is 4.79 Å². The summed E-state index contributed by atoms with van der Waals surface area (Å²) in [6.45, 7) is -0.138. The van der Waals surface area contributed by atoms with Crippen molar-refractivity contribution in [1.82, 2.24) is 4.98 Å². The maximum absolute atomic E-state index is 11.0. The van der Waals surface area contributed by atoms with Gasteiger partial charge < -0.3 is 15.5 Å². The number of H-pyrrole nitrogens is 1. The molecule has 2 aromatic rings. The maximum Gasteiger partial charge on any atom is 0.325 e. The average molecular weight is 240 g/mol. The number of para-hydroxylation sites is 1. The largest absolute Gasteiger partial charge is 0.423 e. The summed E-state index contributed by atoms with van der Waals surface area (Å²) < 4.78 is 6.67. The van der Waals surface area contributed by atoms with E-state index in [0.29, 0.717) is 9.70 Å². The molecule has 15 heavy (non-hydrogen) atoms. The molecule has 0 aliphatic heterocycles. The van der Waals surface area contributed by atoms with Crippen molar-refractivity contribution in [1.29, 1.82) is 0 Å². The fourth-order valence-electron chi connectivity index (χ4n) is 1.20. The number of esters is 1. The van der Waals surface area contributed by atoms with Crippen LogP contribution in [0.25, 0.3) is 10.2 Å². The Morgan fingerprint density at radius 2 is 2.40 bits per heavy atom. The smallest absolute Gasteiger partial charge is 0.325 e. The lowest BCUT2D eigenvalue weighted by molar-refractivity contribution is -0.132. The fourth-order valence-corrected chi connectivity index (χ4v) is 2.32. The minimum atomic E-state index is -0.465. The number of carbonyl (C=O) groups excluding carboxylic acids is 1. The molecular formula is C9H8N2O2S2. The van der Waals surface area contributed by atoms with Crippen LogP contribution >= 0.6 is 23.6 Å². The Balaban J connectivity index is 2.50. The predicted molar refractivity (Wildman–Crippen MR) is 61.7 cm³/mol. The van der Waals surface area contributed by atoms with Crippen LogP contribution in [0.15, 0.2) is 18.2 Å². The molecule has 0 fully saturated rings. The molecule has 78 valence electrons. The van der Waals surface area contributed by atoms with E-state index in [0.717, 1.165) is 10.2 Å². The van der Waals surface area contributed by atoms with Crippen molar-refractivity contribution in [3.8, 4) is 5.75 Å². The van der Waals surface area contributed by atoms with Gasteiger partial charge in [0.15, 0.2) is 9.70 Å². The Labute approximate surface area is 94.7 Å². The highest BCUT2D eigenvalue weighted by molar-refractivity contribution is 7.73. The molecule has 1 heterocycles. The summed E-state index contributed by atoms with van der Waals surface area (Å²) in [6, 6.07) is 5.42. The predicted octanol–water partition coefficient (Wildman–Crippen LogP) is 1.82. The van der Waals surface area contributed by atoms with Gasteiger partial charge in [-0.25, -0.2) is 0 Å². The van der Waals surface area contributed by atoms with E-state index < -0.39 is 5.97 Å². The summed E-state index contributed by atoms with van der Waals surface area (Å²) in [7, 11) is 0. The molecular weight excluding hydrogens is 232 g/mol. The van der Waals surface area contributed by atoms with Gasteiger partial charge in [-0.2, -0.15) is 0 Å². The Morgan fingerprint density at radius 3 is 3.13 bits per heavy atom. The van der Waals surface area contributed by atoms with Gasteiger partial charge in [-0.1, -0.05) is 6.07 Å². The molecule has 0 saturated heterocycles. The van der Waals surface area contributed by atoms with E-state index in [1.165, 1.54) is 11.3 Å². The van der Waals surface area contributed by atoms with Crippen LogP contribution in [0.3, 0.4) is 0 Å². The van der Waals surface area contributed by atoms with Crippen molar-refractivity contribution in [3.05, 3.63) is 22.2 Å². The van der Waals surface area contributed by atoms with Crippen molar-refractivity contribution in [2.75, 3.05) is 6.54 Å². The Bertz CT molecular complexity index is 558. The molecule has 0 aliphatic rings. The molecule has 0 amide bonds. The van der Waals surface area contributed by atoms with Crippen LogP contribution in [-0.4, -0.2) is 17.5 Å². The number of fused-ring (bicyclic) bond motifs is 1. The first-order valence-corrected chi connectivity index (χ1v) is 5.46. The second-order valence-corrected chi connectivity index (χ2v) is 4.54.